The third-order valence-corrected chi connectivity index (χ3v) is 2.05. The number of nitrogens with one attached hydrogen (secondary N) is 1. The van der Waals surface area contributed by atoms with Crippen molar-refractivity contribution in [1.82, 2.24) is 5.32 Å². The second kappa shape index (κ2) is 6.59. The number of carbonyl (C=O) groups is 1. The van der Waals surface area contributed by atoms with Crippen molar-refractivity contribution in [3.63, 3.8) is 0 Å². The highest BCUT2D eigenvalue weighted by Crippen LogP contribution is 2.30. The molecule has 0 saturated carbocycles. The second-order valence-electron chi connectivity index (χ2n) is 3.14. The molecule has 1 aromatic rings. The summed E-state index contributed by atoms with van der Waals surface area (Å²) in [6, 6.07) is 5.38. The SMILES string of the molecule is CN.O=C(O)NCc1ccc2c(c1)OCCO2. The zero-order valence-electron chi connectivity index (χ0n) is 9.60. The van der Waals surface area contributed by atoms with E-state index in [-0.39, 0.29) is 6.54 Å². The third kappa shape index (κ3) is 3.84. The number of fused-ring (bicyclic) bond motifs is 1. The lowest BCUT2D eigenvalue weighted by Gasteiger charge is -2.18. The topological polar surface area (TPSA) is 93.8 Å². The fourth-order valence-corrected chi connectivity index (χ4v) is 1.38. The molecule has 1 aliphatic rings. The first kappa shape index (κ1) is 13.1. The van der Waals surface area contributed by atoms with Gasteiger partial charge in [-0.15, -0.1) is 0 Å². The molecular formula is C11H16N2O4. The molecular weight excluding hydrogens is 224 g/mol. The van der Waals surface area contributed by atoms with Crippen LogP contribution in [0.3, 0.4) is 0 Å². The van der Waals surface area contributed by atoms with E-state index >= 15 is 0 Å². The predicted octanol–water partition coefficient (Wildman–Crippen LogP) is 0.800. The van der Waals surface area contributed by atoms with Gasteiger partial charge in [-0.25, -0.2) is 4.79 Å². The smallest absolute Gasteiger partial charge is 0.404 e. The van der Waals surface area contributed by atoms with Crippen LogP contribution in [-0.4, -0.2) is 31.5 Å². The minimum Gasteiger partial charge on any atom is -0.486 e. The first-order valence-corrected chi connectivity index (χ1v) is 5.19. The van der Waals surface area contributed by atoms with E-state index < -0.39 is 6.09 Å². The van der Waals surface area contributed by atoms with Crippen LogP contribution in [-0.2, 0) is 6.54 Å². The molecule has 0 spiro atoms. The lowest BCUT2D eigenvalue weighted by Crippen LogP contribution is -2.20. The third-order valence-electron chi connectivity index (χ3n) is 2.05. The summed E-state index contributed by atoms with van der Waals surface area (Å²) in [6.07, 6.45) is -1.04. The van der Waals surface area contributed by atoms with Crippen LogP contribution in [0.4, 0.5) is 4.79 Å². The molecule has 94 valence electrons. The number of ether oxygens (including phenoxy) is 2. The predicted molar refractivity (Wildman–Crippen MR) is 62.4 cm³/mol. The second-order valence-corrected chi connectivity index (χ2v) is 3.14. The molecule has 0 fully saturated rings. The fourth-order valence-electron chi connectivity index (χ4n) is 1.38. The van der Waals surface area contributed by atoms with Gasteiger partial charge in [-0.05, 0) is 24.7 Å². The molecule has 1 amide bonds. The van der Waals surface area contributed by atoms with Gasteiger partial charge < -0.3 is 25.6 Å². The average Bonchev–Trinajstić information content (AvgIpc) is 2.38. The van der Waals surface area contributed by atoms with Crippen LogP contribution in [0.15, 0.2) is 18.2 Å². The Balaban J connectivity index is 0.000000686. The fraction of sp³-hybridized carbons (Fsp3) is 0.364. The maximum absolute atomic E-state index is 10.3. The van der Waals surface area contributed by atoms with Crippen LogP contribution in [0.1, 0.15) is 5.56 Å². The van der Waals surface area contributed by atoms with Gasteiger partial charge in [-0.3, -0.25) is 0 Å². The van der Waals surface area contributed by atoms with Crippen LogP contribution in [0, 0.1) is 0 Å². The zero-order valence-corrected chi connectivity index (χ0v) is 9.60. The molecule has 4 N–H and O–H groups in total. The standard InChI is InChI=1S/C10H11NO4.CH5N/c12-10(13)11-6-7-1-2-8-9(5-7)15-4-3-14-8;1-2/h1-2,5,11H,3-4,6H2,(H,12,13);2H2,1H3. The number of hydrogen-bond donors (Lipinski definition) is 3. The van der Waals surface area contributed by atoms with Gasteiger partial charge >= 0.3 is 6.09 Å². The summed E-state index contributed by atoms with van der Waals surface area (Å²) in [5.74, 6) is 1.38. The maximum Gasteiger partial charge on any atom is 0.404 e. The van der Waals surface area contributed by atoms with Crippen molar-refractivity contribution in [2.45, 2.75) is 6.54 Å². The molecule has 0 radical (unpaired) electrons. The molecule has 0 aliphatic carbocycles. The molecule has 0 unspecified atom stereocenters. The van der Waals surface area contributed by atoms with Crippen LogP contribution in [0.5, 0.6) is 11.5 Å². The van der Waals surface area contributed by atoms with Gasteiger partial charge in [0.25, 0.3) is 0 Å². The molecule has 0 saturated heterocycles. The van der Waals surface area contributed by atoms with Gasteiger partial charge in [0.15, 0.2) is 11.5 Å². The van der Waals surface area contributed by atoms with Gasteiger partial charge in [0.05, 0.1) is 0 Å². The number of hydrogen-bond acceptors (Lipinski definition) is 4. The lowest BCUT2D eigenvalue weighted by atomic mass is 10.2. The minimum absolute atomic E-state index is 0.270. The number of amides is 1. The Morgan fingerprint density at radius 1 is 1.35 bits per heavy atom. The van der Waals surface area contributed by atoms with Crippen molar-refractivity contribution in [2.75, 3.05) is 20.3 Å². The Hall–Kier alpha value is -1.95. The number of benzene rings is 1. The van der Waals surface area contributed by atoms with E-state index in [1.165, 1.54) is 7.05 Å². The van der Waals surface area contributed by atoms with Crippen molar-refractivity contribution in [3.8, 4) is 11.5 Å². The van der Waals surface area contributed by atoms with E-state index in [0.29, 0.717) is 24.7 Å². The molecule has 1 heterocycles. The van der Waals surface area contributed by atoms with E-state index in [4.69, 9.17) is 14.6 Å². The van der Waals surface area contributed by atoms with Crippen LogP contribution in [0.25, 0.3) is 0 Å². The van der Waals surface area contributed by atoms with Crippen LogP contribution >= 0.6 is 0 Å². The van der Waals surface area contributed by atoms with E-state index in [2.05, 4.69) is 11.1 Å². The summed E-state index contributed by atoms with van der Waals surface area (Å²) < 4.78 is 10.7. The zero-order chi connectivity index (χ0) is 12.7. The quantitative estimate of drug-likeness (QED) is 0.711. The van der Waals surface area contributed by atoms with E-state index in [1.54, 1.807) is 12.1 Å². The molecule has 1 aliphatic heterocycles. The van der Waals surface area contributed by atoms with Crippen molar-refractivity contribution in [2.24, 2.45) is 5.73 Å². The molecule has 1 aromatic carbocycles. The Kier molecular flexibility index (Phi) is 5.09. The minimum atomic E-state index is -1.04. The summed E-state index contributed by atoms with van der Waals surface area (Å²) in [5.41, 5.74) is 5.35. The summed E-state index contributed by atoms with van der Waals surface area (Å²) in [5, 5.41) is 10.7. The van der Waals surface area contributed by atoms with Gasteiger partial charge in [0.1, 0.15) is 13.2 Å². The van der Waals surface area contributed by atoms with Crippen molar-refractivity contribution >= 4 is 6.09 Å². The van der Waals surface area contributed by atoms with Gasteiger partial charge in [0, 0.05) is 6.54 Å². The average molecular weight is 240 g/mol. The molecule has 0 atom stereocenters. The molecule has 2 rings (SSSR count). The molecule has 0 aromatic heterocycles. The van der Waals surface area contributed by atoms with Crippen LogP contribution < -0.4 is 20.5 Å². The van der Waals surface area contributed by atoms with E-state index in [0.717, 1.165) is 5.56 Å². The largest absolute Gasteiger partial charge is 0.486 e. The van der Waals surface area contributed by atoms with Crippen molar-refractivity contribution in [1.29, 1.82) is 0 Å². The van der Waals surface area contributed by atoms with Gasteiger partial charge in [0.2, 0.25) is 0 Å². The summed E-state index contributed by atoms with van der Waals surface area (Å²) >= 11 is 0. The molecule has 0 bridgehead atoms. The Morgan fingerprint density at radius 2 is 2.00 bits per heavy atom. The van der Waals surface area contributed by atoms with E-state index in [9.17, 15) is 4.79 Å². The van der Waals surface area contributed by atoms with Crippen LogP contribution in [0.2, 0.25) is 0 Å². The Labute approximate surface area is 99.3 Å². The Morgan fingerprint density at radius 3 is 2.65 bits per heavy atom. The summed E-state index contributed by atoms with van der Waals surface area (Å²) in [6.45, 7) is 1.36. The highest BCUT2D eigenvalue weighted by Gasteiger charge is 2.11. The molecule has 17 heavy (non-hydrogen) atoms. The van der Waals surface area contributed by atoms with Gasteiger partial charge in [-0.1, -0.05) is 6.07 Å². The summed E-state index contributed by atoms with van der Waals surface area (Å²) in [4.78, 5) is 10.3. The Bertz CT molecular complexity index is 382. The van der Waals surface area contributed by atoms with E-state index in [1.807, 2.05) is 6.07 Å². The number of rotatable bonds is 2. The molecule has 6 heteroatoms. The van der Waals surface area contributed by atoms with Crippen molar-refractivity contribution in [3.05, 3.63) is 23.8 Å². The monoisotopic (exact) mass is 240 g/mol. The normalized spacial score (nSPS) is 12.1. The highest BCUT2D eigenvalue weighted by molar-refractivity contribution is 5.64. The van der Waals surface area contributed by atoms with Gasteiger partial charge in [-0.2, -0.15) is 0 Å². The highest BCUT2D eigenvalue weighted by atomic mass is 16.6. The number of nitrogens with two attached hydrogens (primary N) is 1. The number of carboxylic acid groups (broad SMARTS) is 1. The first-order valence-electron chi connectivity index (χ1n) is 5.19. The first-order chi connectivity index (χ1) is 8.25. The van der Waals surface area contributed by atoms with Crippen molar-refractivity contribution < 1.29 is 19.4 Å². The lowest BCUT2D eigenvalue weighted by molar-refractivity contribution is 0.171. The maximum atomic E-state index is 10.3. The summed E-state index contributed by atoms with van der Waals surface area (Å²) in [7, 11) is 1.50. The molecule has 6 nitrogen and oxygen atoms in total.